The molecule has 1 rings (SSSR count). The summed E-state index contributed by atoms with van der Waals surface area (Å²) < 4.78 is 64.3. The highest BCUT2D eigenvalue weighted by Crippen LogP contribution is 2.33. The van der Waals surface area contributed by atoms with E-state index >= 15 is 0 Å². The maximum absolute atomic E-state index is 12.5. The highest BCUT2D eigenvalue weighted by Gasteiger charge is 2.34. The molecular weight excluding hydrogens is 364 g/mol. The second-order valence-corrected chi connectivity index (χ2v) is 3.97. The standard InChI is InChI=1S/C8H5F5INO2/c9-7(10)6-5(17-8(11,12)13)1-3(14)4(2-16)15-6/h1,7,16H,2H2. The summed E-state index contributed by atoms with van der Waals surface area (Å²) in [5.74, 6) is -1.06. The van der Waals surface area contributed by atoms with Crippen LogP contribution in [0.15, 0.2) is 6.07 Å². The molecule has 0 saturated carbocycles. The van der Waals surface area contributed by atoms with E-state index in [1.807, 2.05) is 0 Å². The number of ether oxygens (including phenoxy) is 1. The first-order valence-corrected chi connectivity index (χ1v) is 5.16. The molecule has 96 valence electrons. The average molecular weight is 369 g/mol. The molecule has 17 heavy (non-hydrogen) atoms. The Balaban J connectivity index is 3.23. The Morgan fingerprint density at radius 3 is 2.41 bits per heavy atom. The fourth-order valence-corrected chi connectivity index (χ4v) is 1.57. The highest BCUT2D eigenvalue weighted by molar-refractivity contribution is 14.1. The monoisotopic (exact) mass is 369 g/mol. The van der Waals surface area contributed by atoms with E-state index < -0.39 is 30.8 Å². The zero-order valence-corrected chi connectivity index (χ0v) is 10.1. The summed E-state index contributed by atoms with van der Waals surface area (Å²) in [6.45, 7) is -0.649. The van der Waals surface area contributed by atoms with Crippen molar-refractivity contribution < 1.29 is 31.8 Å². The number of aliphatic hydroxyl groups excluding tert-OH is 1. The van der Waals surface area contributed by atoms with E-state index in [1.165, 1.54) is 0 Å². The van der Waals surface area contributed by atoms with E-state index in [0.29, 0.717) is 0 Å². The van der Waals surface area contributed by atoms with Crippen LogP contribution in [0.5, 0.6) is 5.75 Å². The minimum atomic E-state index is -5.07. The first kappa shape index (κ1) is 14.4. The van der Waals surface area contributed by atoms with Gasteiger partial charge in [-0.15, -0.1) is 13.2 Å². The maximum Gasteiger partial charge on any atom is 0.573 e. The van der Waals surface area contributed by atoms with Crippen molar-refractivity contribution in [2.75, 3.05) is 0 Å². The van der Waals surface area contributed by atoms with Crippen molar-refractivity contribution in [3.63, 3.8) is 0 Å². The van der Waals surface area contributed by atoms with E-state index in [2.05, 4.69) is 9.72 Å². The Labute approximate surface area is 106 Å². The van der Waals surface area contributed by atoms with E-state index in [9.17, 15) is 22.0 Å². The second-order valence-electron chi connectivity index (χ2n) is 2.81. The van der Waals surface area contributed by atoms with Gasteiger partial charge in [-0.2, -0.15) is 0 Å². The van der Waals surface area contributed by atoms with E-state index in [-0.39, 0.29) is 9.26 Å². The molecule has 0 aliphatic heterocycles. The van der Waals surface area contributed by atoms with Gasteiger partial charge in [0.05, 0.1) is 12.3 Å². The van der Waals surface area contributed by atoms with Gasteiger partial charge in [-0.1, -0.05) is 0 Å². The lowest BCUT2D eigenvalue weighted by Crippen LogP contribution is -2.19. The number of aliphatic hydroxyl groups is 1. The molecule has 0 aliphatic rings. The van der Waals surface area contributed by atoms with Crippen molar-refractivity contribution in [1.82, 2.24) is 4.98 Å². The fraction of sp³-hybridized carbons (Fsp3) is 0.375. The smallest absolute Gasteiger partial charge is 0.404 e. The number of pyridine rings is 1. The third-order valence-corrected chi connectivity index (χ3v) is 2.56. The van der Waals surface area contributed by atoms with Crippen LogP contribution < -0.4 is 4.74 Å². The number of hydrogen-bond acceptors (Lipinski definition) is 3. The van der Waals surface area contributed by atoms with Crippen LogP contribution in [0, 0.1) is 3.57 Å². The van der Waals surface area contributed by atoms with Crippen molar-refractivity contribution in [2.45, 2.75) is 19.4 Å². The quantitative estimate of drug-likeness (QED) is 0.658. The van der Waals surface area contributed by atoms with E-state index in [1.54, 1.807) is 22.6 Å². The van der Waals surface area contributed by atoms with Crippen molar-refractivity contribution >= 4 is 22.6 Å². The normalized spacial score (nSPS) is 12.0. The lowest BCUT2D eigenvalue weighted by Gasteiger charge is -2.14. The van der Waals surface area contributed by atoms with Gasteiger partial charge in [0.25, 0.3) is 6.43 Å². The molecule has 0 unspecified atom stereocenters. The Kier molecular flexibility index (Phi) is 4.47. The number of nitrogens with zero attached hydrogens (tertiary/aromatic N) is 1. The van der Waals surface area contributed by atoms with Crippen molar-refractivity contribution in [1.29, 1.82) is 0 Å². The molecule has 1 N–H and O–H groups in total. The zero-order valence-electron chi connectivity index (χ0n) is 7.93. The molecule has 0 aromatic carbocycles. The van der Waals surface area contributed by atoms with Gasteiger partial charge in [0.15, 0.2) is 5.75 Å². The first-order chi connectivity index (χ1) is 7.74. The number of alkyl halides is 5. The SMILES string of the molecule is OCc1nc(C(F)F)c(OC(F)(F)F)cc1I. The Morgan fingerprint density at radius 1 is 1.41 bits per heavy atom. The summed E-state index contributed by atoms with van der Waals surface area (Å²) in [5.41, 5.74) is -1.28. The van der Waals surface area contributed by atoms with Gasteiger partial charge in [0.1, 0.15) is 5.69 Å². The van der Waals surface area contributed by atoms with Gasteiger partial charge in [-0.05, 0) is 28.7 Å². The average Bonchev–Trinajstić information content (AvgIpc) is 2.14. The van der Waals surface area contributed by atoms with Crippen LogP contribution >= 0.6 is 22.6 Å². The van der Waals surface area contributed by atoms with Gasteiger partial charge in [-0.3, -0.25) is 0 Å². The van der Waals surface area contributed by atoms with Crippen LogP contribution in [0.3, 0.4) is 0 Å². The Bertz CT molecular complexity index is 410. The highest BCUT2D eigenvalue weighted by atomic mass is 127. The minimum absolute atomic E-state index is 0.105. The van der Waals surface area contributed by atoms with Gasteiger partial charge >= 0.3 is 6.36 Å². The lowest BCUT2D eigenvalue weighted by atomic mass is 10.3. The molecule has 9 heteroatoms. The molecule has 0 amide bonds. The molecular formula is C8H5F5INO2. The van der Waals surface area contributed by atoms with Crippen LogP contribution in [0.1, 0.15) is 17.8 Å². The van der Waals surface area contributed by atoms with Crippen molar-refractivity contribution in [2.24, 2.45) is 0 Å². The molecule has 3 nitrogen and oxygen atoms in total. The molecule has 1 aromatic rings. The lowest BCUT2D eigenvalue weighted by molar-refractivity contribution is -0.275. The largest absolute Gasteiger partial charge is 0.573 e. The number of aromatic nitrogens is 1. The molecule has 0 aliphatic carbocycles. The van der Waals surface area contributed by atoms with Gasteiger partial charge in [0, 0.05) is 3.57 Å². The molecule has 0 saturated heterocycles. The van der Waals surface area contributed by atoms with E-state index in [4.69, 9.17) is 5.11 Å². The minimum Gasteiger partial charge on any atom is -0.404 e. The molecule has 1 heterocycles. The van der Waals surface area contributed by atoms with Crippen LogP contribution in [-0.4, -0.2) is 16.5 Å². The second kappa shape index (κ2) is 5.29. The summed E-state index contributed by atoms with van der Waals surface area (Å²) in [4.78, 5) is 3.24. The van der Waals surface area contributed by atoms with Crippen LogP contribution in [0.2, 0.25) is 0 Å². The van der Waals surface area contributed by atoms with Crippen molar-refractivity contribution in [3.05, 3.63) is 21.0 Å². The van der Waals surface area contributed by atoms with E-state index in [0.717, 1.165) is 6.07 Å². The third-order valence-electron chi connectivity index (χ3n) is 1.62. The predicted octanol–water partition coefficient (Wildman–Crippen LogP) is 3.01. The van der Waals surface area contributed by atoms with Crippen LogP contribution in [0.4, 0.5) is 22.0 Å². The zero-order chi connectivity index (χ0) is 13.2. The van der Waals surface area contributed by atoms with Gasteiger partial charge in [0.2, 0.25) is 0 Å². The predicted molar refractivity (Wildman–Crippen MR) is 54.5 cm³/mol. The number of rotatable bonds is 3. The van der Waals surface area contributed by atoms with Gasteiger partial charge in [-0.25, -0.2) is 13.8 Å². The van der Waals surface area contributed by atoms with Crippen LogP contribution in [-0.2, 0) is 6.61 Å². The Morgan fingerprint density at radius 2 is 2.00 bits per heavy atom. The Hall–Kier alpha value is -0.710. The number of halogens is 6. The summed E-state index contributed by atoms with van der Waals surface area (Å²) in [6, 6.07) is 0.758. The molecule has 0 atom stereocenters. The summed E-state index contributed by atoms with van der Waals surface area (Å²) in [7, 11) is 0. The fourth-order valence-electron chi connectivity index (χ4n) is 1.000. The summed E-state index contributed by atoms with van der Waals surface area (Å²) >= 11 is 1.56. The van der Waals surface area contributed by atoms with Crippen molar-refractivity contribution in [3.8, 4) is 5.75 Å². The molecule has 1 aromatic heterocycles. The molecule has 0 fully saturated rings. The van der Waals surface area contributed by atoms with Crippen LogP contribution in [0.25, 0.3) is 0 Å². The summed E-state index contributed by atoms with van der Waals surface area (Å²) in [5, 5.41) is 8.77. The third kappa shape index (κ3) is 3.91. The topological polar surface area (TPSA) is 42.4 Å². The molecule has 0 radical (unpaired) electrons. The first-order valence-electron chi connectivity index (χ1n) is 4.08. The van der Waals surface area contributed by atoms with Gasteiger partial charge < -0.3 is 9.84 Å². The molecule has 0 bridgehead atoms. The summed E-state index contributed by atoms with van der Waals surface area (Å²) in [6.07, 6.45) is -8.30. The maximum atomic E-state index is 12.5. The molecule has 0 spiro atoms. The number of hydrogen-bond donors (Lipinski definition) is 1.